The molecule has 0 spiro atoms. The molecule has 1 aromatic heterocycles. The van der Waals surface area contributed by atoms with Crippen molar-refractivity contribution in [1.82, 2.24) is 0 Å². The molecule has 0 bridgehead atoms. The number of hydrogen-bond donors (Lipinski definition) is 2. The number of carbonyl (C=O) groups excluding carboxylic acids is 1. The lowest BCUT2D eigenvalue weighted by Crippen LogP contribution is -2.11. The fourth-order valence-corrected chi connectivity index (χ4v) is 1.68. The number of hydrogen-bond acceptors (Lipinski definition) is 3. The summed E-state index contributed by atoms with van der Waals surface area (Å²) in [6.45, 7) is 1.81. The van der Waals surface area contributed by atoms with Gasteiger partial charge in [0.05, 0.1) is 18.4 Å². The maximum absolute atomic E-state index is 12.0. The van der Waals surface area contributed by atoms with Crippen LogP contribution in [0.1, 0.15) is 28.1 Å². The quantitative estimate of drug-likeness (QED) is 0.842. The number of aryl methyl sites for hydroxylation is 1. The van der Waals surface area contributed by atoms with Crippen molar-refractivity contribution in [2.45, 2.75) is 13.3 Å². The molecule has 2 N–H and O–H groups in total. The zero-order chi connectivity index (χ0) is 14.4. The van der Waals surface area contributed by atoms with Crippen molar-refractivity contribution in [3.8, 4) is 11.8 Å². The molecule has 0 aliphatic carbocycles. The van der Waals surface area contributed by atoms with Crippen molar-refractivity contribution >= 4 is 11.6 Å². The molecule has 4 heteroatoms. The van der Waals surface area contributed by atoms with Gasteiger partial charge >= 0.3 is 0 Å². The maximum atomic E-state index is 12.0. The van der Waals surface area contributed by atoms with Gasteiger partial charge in [-0.1, -0.05) is 11.8 Å². The Morgan fingerprint density at radius 3 is 2.65 bits per heavy atom. The third-order valence-electron chi connectivity index (χ3n) is 2.72. The second-order valence-electron chi connectivity index (χ2n) is 4.20. The Hall–Kier alpha value is -2.51. The largest absolute Gasteiger partial charge is 0.469 e. The zero-order valence-corrected chi connectivity index (χ0v) is 11.1. The van der Waals surface area contributed by atoms with Crippen molar-refractivity contribution in [2.75, 3.05) is 11.9 Å². The normalized spacial score (nSPS) is 9.70. The highest BCUT2D eigenvalue weighted by Gasteiger charge is 2.11. The number of benzene rings is 1. The fourth-order valence-electron chi connectivity index (χ4n) is 1.68. The van der Waals surface area contributed by atoms with Crippen LogP contribution in [0.4, 0.5) is 5.69 Å². The average Bonchev–Trinajstić information content (AvgIpc) is 2.87. The summed E-state index contributed by atoms with van der Waals surface area (Å²) in [6, 6.07) is 8.86. The third-order valence-corrected chi connectivity index (χ3v) is 2.72. The van der Waals surface area contributed by atoms with E-state index in [0.717, 1.165) is 5.56 Å². The van der Waals surface area contributed by atoms with Crippen LogP contribution in [0.2, 0.25) is 0 Å². The molecule has 102 valence electrons. The number of aliphatic hydroxyl groups is 1. The van der Waals surface area contributed by atoms with E-state index in [1.165, 1.54) is 6.26 Å². The molecule has 0 aliphatic rings. The number of amides is 1. The summed E-state index contributed by atoms with van der Waals surface area (Å²) >= 11 is 0. The molecule has 4 nitrogen and oxygen atoms in total. The van der Waals surface area contributed by atoms with Gasteiger partial charge in [-0.2, -0.15) is 0 Å². The zero-order valence-electron chi connectivity index (χ0n) is 11.1. The Labute approximate surface area is 117 Å². The first-order valence-corrected chi connectivity index (χ1v) is 6.26. The van der Waals surface area contributed by atoms with Gasteiger partial charge < -0.3 is 14.8 Å². The van der Waals surface area contributed by atoms with Gasteiger partial charge in [0.1, 0.15) is 5.76 Å². The summed E-state index contributed by atoms with van der Waals surface area (Å²) < 4.78 is 5.10. The summed E-state index contributed by atoms with van der Waals surface area (Å²) in [5.41, 5.74) is 2.07. The fraction of sp³-hybridized carbons (Fsp3) is 0.188. The molecule has 1 aromatic carbocycles. The van der Waals surface area contributed by atoms with Crippen molar-refractivity contribution in [2.24, 2.45) is 0 Å². The van der Waals surface area contributed by atoms with Crippen molar-refractivity contribution in [1.29, 1.82) is 0 Å². The van der Waals surface area contributed by atoms with Crippen LogP contribution in [-0.2, 0) is 0 Å². The predicted octanol–water partition coefficient (Wildman–Crippen LogP) is 2.57. The molecule has 20 heavy (non-hydrogen) atoms. The van der Waals surface area contributed by atoms with Gasteiger partial charge in [0.25, 0.3) is 5.91 Å². The highest BCUT2D eigenvalue weighted by Crippen LogP contribution is 2.14. The van der Waals surface area contributed by atoms with Gasteiger partial charge in [-0.3, -0.25) is 4.79 Å². The number of anilines is 1. The van der Waals surface area contributed by atoms with Gasteiger partial charge in [-0.25, -0.2) is 0 Å². The first kappa shape index (κ1) is 13.9. The minimum Gasteiger partial charge on any atom is -0.469 e. The Morgan fingerprint density at radius 1 is 1.30 bits per heavy atom. The first-order valence-electron chi connectivity index (χ1n) is 6.26. The number of nitrogens with one attached hydrogen (secondary N) is 1. The van der Waals surface area contributed by atoms with Crippen LogP contribution in [-0.4, -0.2) is 17.6 Å². The van der Waals surface area contributed by atoms with E-state index in [4.69, 9.17) is 9.52 Å². The van der Waals surface area contributed by atoms with Crippen LogP contribution in [0, 0.1) is 18.8 Å². The molecule has 2 rings (SSSR count). The Kier molecular flexibility index (Phi) is 4.59. The summed E-state index contributed by atoms with van der Waals surface area (Å²) in [5, 5.41) is 11.4. The Bertz CT molecular complexity index is 644. The molecule has 0 fully saturated rings. The lowest BCUT2D eigenvalue weighted by molar-refractivity contribution is 0.102. The smallest absolute Gasteiger partial charge is 0.259 e. The summed E-state index contributed by atoms with van der Waals surface area (Å²) in [6.07, 6.45) is 1.95. The van der Waals surface area contributed by atoms with Crippen LogP contribution >= 0.6 is 0 Å². The van der Waals surface area contributed by atoms with Gasteiger partial charge in [-0.15, -0.1) is 0 Å². The van der Waals surface area contributed by atoms with Gasteiger partial charge in [-0.05, 0) is 37.3 Å². The van der Waals surface area contributed by atoms with E-state index in [0.29, 0.717) is 23.4 Å². The van der Waals surface area contributed by atoms with E-state index in [9.17, 15) is 4.79 Å². The molecular formula is C16H15NO3. The van der Waals surface area contributed by atoms with E-state index < -0.39 is 0 Å². The van der Waals surface area contributed by atoms with Crippen LogP contribution in [0.15, 0.2) is 41.0 Å². The van der Waals surface area contributed by atoms with E-state index >= 15 is 0 Å². The van der Waals surface area contributed by atoms with Gasteiger partial charge in [0.2, 0.25) is 0 Å². The van der Waals surface area contributed by atoms with E-state index in [-0.39, 0.29) is 12.5 Å². The first-order chi connectivity index (χ1) is 9.70. The maximum Gasteiger partial charge on any atom is 0.259 e. The molecule has 0 aliphatic heterocycles. The van der Waals surface area contributed by atoms with E-state index in [1.54, 1.807) is 25.1 Å². The molecule has 1 amide bonds. The standard InChI is InChI=1S/C16H15NO3/c1-12-15(9-11-20-12)16(19)17-14-7-5-13(6-8-14)4-2-3-10-18/h5-9,11,18H,3,10H2,1H3,(H,17,19). The number of aliphatic hydroxyl groups excluding tert-OH is 1. The second-order valence-corrected chi connectivity index (χ2v) is 4.20. The van der Waals surface area contributed by atoms with Crippen LogP contribution in [0.3, 0.4) is 0 Å². The Morgan fingerprint density at radius 2 is 2.05 bits per heavy atom. The Balaban J connectivity index is 2.03. The van der Waals surface area contributed by atoms with Gasteiger partial charge in [0.15, 0.2) is 0 Å². The molecule has 2 aromatic rings. The third kappa shape index (κ3) is 3.50. The van der Waals surface area contributed by atoms with Crippen LogP contribution in [0.25, 0.3) is 0 Å². The summed E-state index contributed by atoms with van der Waals surface area (Å²) in [7, 11) is 0. The molecule has 0 atom stereocenters. The minimum absolute atomic E-state index is 0.0607. The molecule has 0 saturated carbocycles. The molecular weight excluding hydrogens is 254 g/mol. The lowest BCUT2D eigenvalue weighted by atomic mass is 10.2. The monoisotopic (exact) mass is 269 g/mol. The molecule has 0 saturated heterocycles. The van der Waals surface area contributed by atoms with Crippen LogP contribution in [0.5, 0.6) is 0 Å². The van der Waals surface area contributed by atoms with Crippen molar-refractivity contribution in [3.05, 3.63) is 53.5 Å². The van der Waals surface area contributed by atoms with Crippen LogP contribution < -0.4 is 5.32 Å². The molecule has 0 unspecified atom stereocenters. The summed E-state index contributed by atoms with van der Waals surface area (Å²) in [4.78, 5) is 12.0. The lowest BCUT2D eigenvalue weighted by Gasteiger charge is -2.04. The average molecular weight is 269 g/mol. The molecule has 1 heterocycles. The highest BCUT2D eigenvalue weighted by molar-refractivity contribution is 6.04. The van der Waals surface area contributed by atoms with E-state index in [1.807, 2.05) is 12.1 Å². The van der Waals surface area contributed by atoms with Gasteiger partial charge in [0, 0.05) is 17.7 Å². The highest BCUT2D eigenvalue weighted by atomic mass is 16.3. The van der Waals surface area contributed by atoms with Crippen molar-refractivity contribution < 1.29 is 14.3 Å². The topological polar surface area (TPSA) is 62.5 Å². The minimum atomic E-state index is -0.199. The second kappa shape index (κ2) is 6.60. The molecule has 0 radical (unpaired) electrons. The number of carbonyl (C=O) groups is 1. The SMILES string of the molecule is Cc1occc1C(=O)Nc1ccc(C#CCCO)cc1. The summed E-state index contributed by atoms with van der Waals surface area (Å²) in [5.74, 6) is 6.16. The predicted molar refractivity (Wildman–Crippen MR) is 76.4 cm³/mol. The van der Waals surface area contributed by atoms with E-state index in [2.05, 4.69) is 17.2 Å². The van der Waals surface area contributed by atoms with Crippen molar-refractivity contribution in [3.63, 3.8) is 0 Å². The number of furan rings is 1. The number of rotatable bonds is 3.